The van der Waals surface area contributed by atoms with Crippen molar-refractivity contribution < 1.29 is 9.90 Å². The molecule has 2 unspecified atom stereocenters. The number of aliphatic hydroxyl groups is 1. The first-order valence-electron chi connectivity index (χ1n) is 6.32. The van der Waals surface area contributed by atoms with E-state index in [-0.39, 0.29) is 12.5 Å². The Bertz CT molecular complexity index is 209. The number of rotatable bonds is 6. The summed E-state index contributed by atoms with van der Waals surface area (Å²) in [4.78, 5) is 11.0. The quantitative estimate of drug-likeness (QED) is 0.585. The number of hydrogen-bond acceptors (Lipinski definition) is 3. The van der Waals surface area contributed by atoms with Crippen molar-refractivity contribution >= 4 is 5.91 Å². The third-order valence-electron chi connectivity index (χ3n) is 3.41. The molecule has 0 spiro atoms. The van der Waals surface area contributed by atoms with Crippen LogP contribution in [0.2, 0.25) is 0 Å². The van der Waals surface area contributed by atoms with E-state index in [0.717, 1.165) is 25.8 Å². The number of hydrogen-bond donors (Lipinski definition) is 3. The zero-order chi connectivity index (χ0) is 11.8. The Balaban J connectivity index is 2.13. The molecule has 0 heterocycles. The normalized spacial score (nSPS) is 25.4. The maximum Gasteiger partial charge on any atom is 0.219 e. The largest absolute Gasteiger partial charge is 0.396 e. The molecule has 0 aromatic rings. The first-order chi connectivity index (χ1) is 7.77. The minimum absolute atomic E-state index is 0.101. The highest BCUT2D eigenvalue weighted by molar-refractivity contribution is 5.75. The predicted octanol–water partition coefficient (Wildman–Crippen LogP) is 0.653. The molecule has 2 atom stereocenters. The lowest BCUT2D eigenvalue weighted by Gasteiger charge is -2.31. The van der Waals surface area contributed by atoms with Gasteiger partial charge in [-0.25, -0.2) is 0 Å². The van der Waals surface area contributed by atoms with Crippen LogP contribution in [0.4, 0.5) is 0 Å². The zero-order valence-electron chi connectivity index (χ0n) is 10.2. The lowest BCUT2D eigenvalue weighted by atomic mass is 9.85. The van der Waals surface area contributed by atoms with Crippen molar-refractivity contribution in [3.05, 3.63) is 0 Å². The summed E-state index contributed by atoms with van der Waals surface area (Å²) < 4.78 is 0. The molecule has 0 aromatic carbocycles. The van der Waals surface area contributed by atoms with Crippen LogP contribution in [-0.2, 0) is 4.79 Å². The van der Waals surface area contributed by atoms with Crippen LogP contribution in [0.1, 0.15) is 38.5 Å². The number of aliphatic hydroxyl groups excluding tert-OH is 1. The molecule has 1 amide bonds. The maximum atomic E-state index is 11.0. The fraction of sp³-hybridized carbons (Fsp3) is 0.917. The highest BCUT2D eigenvalue weighted by Gasteiger charge is 2.23. The molecule has 0 radical (unpaired) electrons. The summed E-state index contributed by atoms with van der Waals surface area (Å²) in [5.74, 6) is 0.512. The standard InChI is InChI=1S/C12H24N2O2/c1-13-12(16)7-4-8-14-11-6-3-2-5-10(11)9-15/h10-11,14-15H,2-9H2,1H3,(H,13,16). The molecule has 0 bridgehead atoms. The lowest BCUT2D eigenvalue weighted by Crippen LogP contribution is -2.40. The van der Waals surface area contributed by atoms with Gasteiger partial charge in [-0.2, -0.15) is 0 Å². The topological polar surface area (TPSA) is 61.4 Å². The van der Waals surface area contributed by atoms with Crippen molar-refractivity contribution in [3.8, 4) is 0 Å². The first kappa shape index (κ1) is 13.5. The fourth-order valence-corrected chi connectivity index (χ4v) is 2.36. The molecule has 94 valence electrons. The van der Waals surface area contributed by atoms with Gasteiger partial charge in [0, 0.05) is 26.1 Å². The van der Waals surface area contributed by atoms with E-state index in [4.69, 9.17) is 0 Å². The van der Waals surface area contributed by atoms with Crippen LogP contribution >= 0.6 is 0 Å². The van der Waals surface area contributed by atoms with E-state index in [2.05, 4.69) is 10.6 Å². The predicted molar refractivity (Wildman–Crippen MR) is 64.1 cm³/mol. The van der Waals surface area contributed by atoms with Gasteiger partial charge in [0.15, 0.2) is 0 Å². The van der Waals surface area contributed by atoms with Gasteiger partial charge in [0.1, 0.15) is 0 Å². The molecule has 3 N–H and O–H groups in total. The van der Waals surface area contributed by atoms with E-state index in [0.29, 0.717) is 18.4 Å². The van der Waals surface area contributed by atoms with Gasteiger partial charge in [-0.05, 0) is 31.7 Å². The third-order valence-corrected chi connectivity index (χ3v) is 3.41. The Morgan fingerprint density at radius 1 is 1.38 bits per heavy atom. The average Bonchev–Trinajstić information content (AvgIpc) is 2.34. The molecule has 1 aliphatic carbocycles. The van der Waals surface area contributed by atoms with Gasteiger partial charge in [-0.1, -0.05) is 12.8 Å². The summed E-state index contributed by atoms with van der Waals surface area (Å²) in [7, 11) is 1.67. The molecule has 1 aliphatic rings. The summed E-state index contributed by atoms with van der Waals surface area (Å²) in [6, 6.07) is 0.448. The second-order valence-corrected chi connectivity index (χ2v) is 4.56. The number of amides is 1. The Labute approximate surface area is 97.8 Å². The summed E-state index contributed by atoms with van der Waals surface area (Å²) in [5.41, 5.74) is 0. The summed E-state index contributed by atoms with van der Waals surface area (Å²) in [5, 5.41) is 15.3. The van der Waals surface area contributed by atoms with E-state index in [1.807, 2.05) is 0 Å². The maximum absolute atomic E-state index is 11.0. The highest BCUT2D eigenvalue weighted by Crippen LogP contribution is 2.23. The monoisotopic (exact) mass is 228 g/mol. The van der Waals surface area contributed by atoms with Crippen molar-refractivity contribution in [1.82, 2.24) is 10.6 Å². The van der Waals surface area contributed by atoms with Gasteiger partial charge in [-0.3, -0.25) is 4.79 Å². The Hall–Kier alpha value is -0.610. The van der Waals surface area contributed by atoms with Gasteiger partial charge in [0.05, 0.1) is 0 Å². The molecule has 1 fully saturated rings. The van der Waals surface area contributed by atoms with Crippen LogP contribution in [0.5, 0.6) is 0 Å². The van der Waals surface area contributed by atoms with E-state index in [1.54, 1.807) is 7.05 Å². The van der Waals surface area contributed by atoms with Crippen LogP contribution in [0.15, 0.2) is 0 Å². The van der Waals surface area contributed by atoms with Crippen LogP contribution in [0.25, 0.3) is 0 Å². The highest BCUT2D eigenvalue weighted by atomic mass is 16.3. The van der Waals surface area contributed by atoms with Crippen LogP contribution in [0.3, 0.4) is 0 Å². The zero-order valence-corrected chi connectivity index (χ0v) is 10.2. The summed E-state index contributed by atoms with van der Waals surface area (Å²) in [6.45, 7) is 1.15. The minimum atomic E-state index is 0.101. The molecular formula is C12H24N2O2. The summed E-state index contributed by atoms with van der Waals surface area (Å²) in [6.07, 6.45) is 6.23. The Morgan fingerprint density at radius 3 is 2.81 bits per heavy atom. The number of nitrogens with one attached hydrogen (secondary N) is 2. The molecule has 1 rings (SSSR count). The van der Waals surface area contributed by atoms with Gasteiger partial charge in [-0.15, -0.1) is 0 Å². The molecule has 4 nitrogen and oxygen atoms in total. The van der Waals surface area contributed by atoms with Gasteiger partial charge < -0.3 is 15.7 Å². The van der Waals surface area contributed by atoms with E-state index < -0.39 is 0 Å². The minimum Gasteiger partial charge on any atom is -0.396 e. The van der Waals surface area contributed by atoms with Crippen LogP contribution < -0.4 is 10.6 Å². The summed E-state index contributed by atoms with van der Waals surface area (Å²) >= 11 is 0. The van der Waals surface area contributed by atoms with Gasteiger partial charge in [0.25, 0.3) is 0 Å². The van der Waals surface area contributed by atoms with Crippen molar-refractivity contribution in [1.29, 1.82) is 0 Å². The molecule has 1 saturated carbocycles. The van der Waals surface area contributed by atoms with Crippen molar-refractivity contribution in [2.24, 2.45) is 5.92 Å². The number of carbonyl (C=O) groups excluding carboxylic acids is 1. The van der Waals surface area contributed by atoms with Gasteiger partial charge in [0.2, 0.25) is 5.91 Å². The second kappa shape index (κ2) is 7.63. The van der Waals surface area contributed by atoms with Crippen molar-refractivity contribution in [3.63, 3.8) is 0 Å². The van der Waals surface area contributed by atoms with Crippen molar-refractivity contribution in [2.45, 2.75) is 44.6 Å². The molecule has 0 aromatic heterocycles. The fourth-order valence-electron chi connectivity index (χ4n) is 2.36. The Morgan fingerprint density at radius 2 is 2.12 bits per heavy atom. The van der Waals surface area contributed by atoms with Crippen molar-refractivity contribution in [2.75, 3.05) is 20.2 Å². The SMILES string of the molecule is CNC(=O)CCCNC1CCCCC1CO. The molecule has 0 aliphatic heterocycles. The molecule has 16 heavy (non-hydrogen) atoms. The third kappa shape index (κ3) is 4.49. The molecule has 4 heteroatoms. The smallest absolute Gasteiger partial charge is 0.219 e. The molecular weight excluding hydrogens is 204 g/mol. The van der Waals surface area contributed by atoms with E-state index in [1.165, 1.54) is 12.8 Å². The second-order valence-electron chi connectivity index (χ2n) is 4.56. The number of carbonyl (C=O) groups is 1. The Kier molecular flexibility index (Phi) is 6.42. The van der Waals surface area contributed by atoms with Crippen LogP contribution in [0, 0.1) is 5.92 Å². The van der Waals surface area contributed by atoms with Gasteiger partial charge >= 0.3 is 0 Å². The lowest BCUT2D eigenvalue weighted by molar-refractivity contribution is -0.120. The molecule has 0 saturated heterocycles. The van der Waals surface area contributed by atoms with E-state index >= 15 is 0 Å². The first-order valence-corrected chi connectivity index (χ1v) is 6.32. The average molecular weight is 228 g/mol. The van der Waals surface area contributed by atoms with Crippen LogP contribution in [-0.4, -0.2) is 37.3 Å². The van der Waals surface area contributed by atoms with E-state index in [9.17, 15) is 9.90 Å².